The van der Waals surface area contributed by atoms with E-state index in [1.54, 1.807) is 17.0 Å². The van der Waals surface area contributed by atoms with Crippen LogP contribution in [0.2, 0.25) is 0 Å². The van der Waals surface area contributed by atoms with E-state index >= 15 is 0 Å². The fourth-order valence-electron chi connectivity index (χ4n) is 1.79. The molecule has 0 fully saturated rings. The molecule has 0 aliphatic carbocycles. The van der Waals surface area contributed by atoms with Gasteiger partial charge < -0.3 is 9.88 Å². The van der Waals surface area contributed by atoms with Gasteiger partial charge in [0.1, 0.15) is 0 Å². The van der Waals surface area contributed by atoms with E-state index < -0.39 is 0 Å². The molecule has 0 amide bonds. The van der Waals surface area contributed by atoms with Crippen molar-refractivity contribution in [2.24, 2.45) is 0 Å². The summed E-state index contributed by atoms with van der Waals surface area (Å²) in [6.07, 6.45) is 4.30. The molecule has 0 aliphatic heterocycles. The van der Waals surface area contributed by atoms with Crippen LogP contribution in [0.4, 0.5) is 11.5 Å². The Bertz CT molecular complexity index is 590. The minimum absolute atomic E-state index is 0.0955. The third-order valence-electron chi connectivity index (χ3n) is 2.85. The van der Waals surface area contributed by atoms with Crippen LogP contribution in [-0.4, -0.2) is 9.55 Å². The fraction of sp³-hybridized carbons (Fsp3) is 0.286. The first kappa shape index (κ1) is 12.4. The maximum Gasteiger partial charge on any atom is 0.293 e. The molecular weight excluding hydrogens is 226 g/mol. The van der Waals surface area contributed by atoms with Gasteiger partial charge >= 0.3 is 0 Å². The van der Waals surface area contributed by atoms with Crippen LogP contribution in [-0.2, 0) is 13.0 Å². The van der Waals surface area contributed by atoms with Crippen molar-refractivity contribution in [3.8, 4) is 0 Å². The van der Waals surface area contributed by atoms with Crippen molar-refractivity contribution in [2.45, 2.75) is 26.8 Å². The van der Waals surface area contributed by atoms with Gasteiger partial charge in [-0.2, -0.15) is 0 Å². The Balaban J connectivity index is 2.31. The molecule has 0 bridgehead atoms. The van der Waals surface area contributed by atoms with Crippen LogP contribution in [0.15, 0.2) is 41.5 Å². The van der Waals surface area contributed by atoms with Crippen LogP contribution in [0.3, 0.4) is 0 Å². The minimum Gasteiger partial charge on any atom is -0.336 e. The zero-order valence-electron chi connectivity index (χ0n) is 10.7. The molecule has 0 radical (unpaired) electrons. The second kappa shape index (κ2) is 5.49. The largest absolute Gasteiger partial charge is 0.336 e. The summed E-state index contributed by atoms with van der Waals surface area (Å²) in [6, 6.07) is 8.00. The molecule has 18 heavy (non-hydrogen) atoms. The Morgan fingerprint density at radius 2 is 2.17 bits per heavy atom. The molecule has 0 spiro atoms. The third-order valence-corrected chi connectivity index (χ3v) is 2.85. The minimum atomic E-state index is -0.0955. The first-order valence-electron chi connectivity index (χ1n) is 6.16. The second-order valence-corrected chi connectivity index (χ2v) is 4.05. The highest BCUT2D eigenvalue weighted by Gasteiger charge is 2.04. The Morgan fingerprint density at radius 1 is 1.33 bits per heavy atom. The summed E-state index contributed by atoms with van der Waals surface area (Å²) in [6.45, 7) is 4.68. The number of aryl methyl sites for hydroxylation is 2. The lowest BCUT2D eigenvalue weighted by atomic mass is 10.1. The monoisotopic (exact) mass is 243 g/mol. The SMILES string of the molecule is CCc1cccc(Nc2nccn(CC)c2=O)c1. The Hall–Kier alpha value is -2.10. The number of nitrogens with one attached hydrogen (secondary N) is 1. The summed E-state index contributed by atoms with van der Waals surface area (Å²) in [5.41, 5.74) is 2.03. The van der Waals surface area contributed by atoms with Crippen LogP contribution < -0.4 is 10.9 Å². The summed E-state index contributed by atoms with van der Waals surface area (Å²) < 4.78 is 1.62. The van der Waals surface area contributed by atoms with E-state index in [9.17, 15) is 4.79 Å². The van der Waals surface area contributed by atoms with Gasteiger partial charge in [-0.1, -0.05) is 19.1 Å². The first-order chi connectivity index (χ1) is 8.74. The molecule has 2 aromatic rings. The van der Waals surface area contributed by atoms with Gasteiger partial charge in [-0.3, -0.25) is 4.79 Å². The quantitative estimate of drug-likeness (QED) is 0.897. The Morgan fingerprint density at radius 3 is 2.89 bits per heavy atom. The Labute approximate surface area is 106 Å². The number of hydrogen-bond acceptors (Lipinski definition) is 3. The number of aromatic nitrogens is 2. The lowest BCUT2D eigenvalue weighted by Crippen LogP contribution is -2.22. The normalized spacial score (nSPS) is 10.3. The van der Waals surface area contributed by atoms with Crippen molar-refractivity contribution in [1.82, 2.24) is 9.55 Å². The molecular formula is C14H17N3O. The van der Waals surface area contributed by atoms with Crippen LogP contribution in [0.25, 0.3) is 0 Å². The first-order valence-corrected chi connectivity index (χ1v) is 6.16. The van der Waals surface area contributed by atoms with Crippen molar-refractivity contribution in [3.63, 3.8) is 0 Å². The molecule has 0 saturated heterocycles. The maximum atomic E-state index is 12.0. The highest BCUT2D eigenvalue weighted by Crippen LogP contribution is 2.14. The average molecular weight is 243 g/mol. The van der Waals surface area contributed by atoms with E-state index in [1.165, 1.54) is 5.56 Å². The van der Waals surface area contributed by atoms with Crippen LogP contribution in [0.1, 0.15) is 19.4 Å². The van der Waals surface area contributed by atoms with Gasteiger partial charge in [0.25, 0.3) is 5.56 Å². The van der Waals surface area contributed by atoms with Crippen LogP contribution in [0, 0.1) is 0 Å². The van der Waals surface area contributed by atoms with E-state index in [1.807, 2.05) is 25.1 Å². The number of nitrogens with zero attached hydrogens (tertiary/aromatic N) is 2. The molecule has 1 heterocycles. The molecule has 1 aromatic heterocycles. The fourth-order valence-corrected chi connectivity index (χ4v) is 1.79. The van der Waals surface area contributed by atoms with Crippen molar-refractivity contribution in [3.05, 3.63) is 52.6 Å². The molecule has 0 unspecified atom stereocenters. The Kier molecular flexibility index (Phi) is 3.77. The molecule has 4 heteroatoms. The molecule has 4 nitrogen and oxygen atoms in total. The molecule has 2 rings (SSSR count). The van der Waals surface area contributed by atoms with Gasteiger partial charge in [0, 0.05) is 24.6 Å². The predicted molar refractivity (Wildman–Crippen MR) is 73.3 cm³/mol. The van der Waals surface area contributed by atoms with E-state index in [0.29, 0.717) is 12.4 Å². The van der Waals surface area contributed by atoms with Crippen LogP contribution >= 0.6 is 0 Å². The topological polar surface area (TPSA) is 46.9 Å². The lowest BCUT2D eigenvalue weighted by Gasteiger charge is -2.08. The van der Waals surface area contributed by atoms with Gasteiger partial charge in [0.05, 0.1) is 0 Å². The zero-order valence-corrected chi connectivity index (χ0v) is 10.7. The summed E-state index contributed by atoms with van der Waals surface area (Å²) in [7, 11) is 0. The molecule has 0 atom stereocenters. The van der Waals surface area contributed by atoms with E-state index in [-0.39, 0.29) is 5.56 Å². The molecule has 94 valence electrons. The van der Waals surface area contributed by atoms with Gasteiger partial charge in [0.15, 0.2) is 5.82 Å². The van der Waals surface area contributed by atoms with Gasteiger partial charge in [-0.25, -0.2) is 4.98 Å². The van der Waals surface area contributed by atoms with Crippen molar-refractivity contribution < 1.29 is 0 Å². The van der Waals surface area contributed by atoms with Gasteiger partial charge in [-0.05, 0) is 31.0 Å². The third kappa shape index (κ3) is 2.59. The number of hydrogen-bond donors (Lipinski definition) is 1. The molecule has 1 aromatic carbocycles. The summed E-state index contributed by atoms with van der Waals surface area (Å²) in [5, 5.41) is 3.08. The van der Waals surface area contributed by atoms with Crippen molar-refractivity contribution >= 4 is 11.5 Å². The molecule has 0 aliphatic rings. The predicted octanol–water partition coefficient (Wildman–Crippen LogP) is 2.57. The number of anilines is 2. The summed E-state index contributed by atoms with van der Waals surface area (Å²) in [5.74, 6) is 0.368. The number of benzene rings is 1. The maximum absolute atomic E-state index is 12.0. The highest BCUT2D eigenvalue weighted by molar-refractivity contribution is 5.56. The average Bonchev–Trinajstić information content (AvgIpc) is 2.41. The van der Waals surface area contributed by atoms with E-state index in [0.717, 1.165) is 12.1 Å². The lowest BCUT2D eigenvalue weighted by molar-refractivity contribution is 0.720. The van der Waals surface area contributed by atoms with Crippen LogP contribution in [0.5, 0.6) is 0 Å². The second-order valence-electron chi connectivity index (χ2n) is 4.05. The number of rotatable bonds is 4. The zero-order chi connectivity index (χ0) is 13.0. The van der Waals surface area contributed by atoms with Crippen molar-refractivity contribution in [1.29, 1.82) is 0 Å². The van der Waals surface area contributed by atoms with Crippen molar-refractivity contribution in [2.75, 3.05) is 5.32 Å². The molecule has 1 N–H and O–H groups in total. The highest BCUT2D eigenvalue weighted by atomic mass is 16.1. The van der Waals surface area contributed by atoms with Gasteiger partial charge in [0.2, 0.25) is 0 Å². The summed E-state index contributed by atoms with van der Waals surface area (Å²) in [4.78, 5) is 16.1. The van der Waals surface area contributed by atoms with E-state index in [2.05, 4.69) is 23.3 Å². The smallest absolute Gasteiger partial charge is 0.293 e. The standard InChI is InChI=1S/C14H17N3O/c1-3-11-6-5-7-12(10-11)16-13-14(18)17(4-2)9-8-15-13/h5-10H,3-4H2,1-2H3,(H,15,16). The van der Waals surface area contributed by atoms with E-state index in [4.69, 9.17) is 0 Å². The van der Waals surface area contributed by atoms with Gasteiger partial charge in [-0.15, -0.1) is 0 Å². The molecule has 0 saturated carbocycles. The summed E-state index contributed by atoms with van der Waals surface area (Å²) >= 11 is 0.